The van der Waals surface area contributed by atoms with Crippen molar-refractivity contribution in [1.29, 1.82) is 0 Å². The van der Waals surface area contributed by atoms with Crippen LogP contribution in [0.2, 0.25) is 0 Å². The van der Waals surface area contributed by atoms with Gasteiger partial charge in [-0.1, -0.05) is 36.4 Å². The molecule has 9 nitrogen and oxygen atoms in total. The molecule has 5 rings (SSSR count). The molecule has 0 radical (unpaired) electrons. The highest BCUT2D eigenvalue weighted by Crippen LogP contribution is 2.18. The fourth-order valence-electron chi connectivity index (χ4n) is 4.78. The second kappa shape index (κ2) is 9.50. The lowest BCUT2D eigenvalue weighted by Crippen LogP contribution is -2.54. The first kappa shape index (κ1) is 23.6. The van der Waals surface area contributed by atoms with E-state index in [9.17, 15) is 14.4 Å². The number of aromatic nitrogens is 3. The standard InChI is InChI=1S/C27H30N6O3/c1-18-24(27(36)33(30(18)3)21-10-5-4-6-11-21)29-25(34)19(2)31-13-15-32(16-14-31)26(35)23-17-20-9-7-8-12-22(20)28-23/h4-12,17,19,28H,13-16H2,1-3H3,(H,29,34). The fraction of sp³-hybridized carbons (Fsp3) is 0.296. The number of hydrogen-bond donors (Lipinski definition) is 2. The third-order valence-corrected chi connectivity index (χ3v) is 7.09. The summed E-state index contributed by atoms with van der Waals surface area (Å²) in [6.07, 6.45) is 0. The highest BCUT2D eigenvalue weighted by atomic mass is 16.2. The van der Waals surface area contributed by atoms with Crippen LogP contribution in [0, 0.1) is 6.92 Å². The van der Waals surface area contributed by atoms with Gasteiger partial charge in [-0.15, -0.1) is 0 Å². The molecule has 0 saturated carbocycles. The summed E-state index contributed by atoms with van der Waals surface area (Å²) >= 11 is 0. The van der Waals surface area contributed by atoms with E-state index in [1.54, 1.807) is 16.4 Å². The van der Waals surface area contributed by atoms with E-state index < -0.39 is 6.04 Å². The molecule has 2 N–H and O–H groups in total. The van der Waals surface area contributed by atoms with E-state index >= 15 is 0 Å². The van der Waals surface area contributed by atoms with E-state index in [1.807, 2.05) is 84.3 Å². The minimum Gasteiger partial charge on any atom is -0.351 e. The van der Waals surface area contributed by atoms with Gasteiger partial charge < -0.3 is 15.2 Å². The maximum Gasteiger partial charge on any atom is 0.295 e. The Kier molecular flexibility index (Phi) is 6.24. The molecular formula is C27H30N6O3. The highest BCUT2D eigenvalue weighted by Gasteiger charge is 2.29. The molecular weight excluding hydrogens is 456 g/mol. The molecule has 0 aliphatic carbocycles. The van der Waals surface area contributed by atoms with Crippen LogP contribution >= 0.6 is 0 Å². The van der Waals surface area contributed by atoms with Crippen LogP contribution in [0.4, 0.5) is 5.69 Å². The van der Waals surface area contributed by atoms with Crippen molar-refractivity contribution in [3.63, 3.8) is 0 Å². The lowest BCUT2D eigenvalue weighted by atomic mass is 10.2. The molecule has 1 fully saturated rings. The summed E-state index contributed by atoms with van der Waals surface area (Å²) in [6.45, 7) is 5.84. The molecule has 1 unspecified atom stereocenters. The second-order valence-electron chi connectivity index (χ2n) is 9.20. The van der Waals surface area contributed by atoms with Crippen LogP contribution in [0.1, 0.15) is 23.1 Å². The summed E-state index contributed by atoms with van der Waals surface area (Å²) < 4.78 is 3.29. The van der Waals surface area contributed by atoms with Crippen LogP contribution in [0.25, 0.3) is 16.6 Å². The maximum atomic E-state index is 13.1. The minimum atomic E-state index is -0.445. The summed E-state index contributed by atoms with van der Waals surface area (Å²) in [7, 11) is 1.80. The zero-order valence-corrected chi connectivity index (χ0v) is 20.7. The van der Waals surface area contributed by atoms with Crippen LogP contribution < -0.4 is 10.9 Å². The number of nitrogens with zero attached hydrogens (tertiary/aromatic N) is 4. The number of nitrogens with one attached hydrogen (secondary N) is 2. The number of para-hydroxylation sites is 2. The van der Waals surface area contributed by atoms with Crippen LogP contribution in [-0.4, -0.2) is 68.2 Å². The molecule has 186 valence electrons. The molecule has 3 heterocycles. The van der Waals surface area contributed by atoms with Gasteiger partial charge in [0.1, 0.15) is 11.4 Å². The largest absolute Gasteiger partial charge is 0.351 e. The summed E-state index contributed by atoms with van der Waals surface area (Å²) in [4.78, 5) is 46.3. The SMILES string of the molecule is Cc1c(NC(=O)C(C)N2CCN(C(=O)c3cc4ccccc4[nH]3)CC2)c(=O)n(-c2ccccc2)n1C. The number of fused-ring (bicyclic) bond motifs is 1. The van der Waals surface area contributed by atoms with Gasteiger partial charge in [-0.05, 0) is 38.1 Å². The van der Waals surface area contributed by atoms with Crippen LogP contribution in [0.3, 0.4) is 0 Å². The number of anilines is 1. The van der Waals surface area contributed by atoms with E-state index in [0.717, 1.165) is 16.6 Å². The maximum absolute atomic E-state index is 13.1. The summed E-state index contributed by atoms with van der Waals surface area (Å²) in [6, 6.07) is 18.6. The number of piperazine rings is 1. The molecule has 0 spiro atoms. The number of amides is 2. The summed E-state index contributed by atoms with van der Waals surface area (Å²) in [5.74, 6) is -0.277. The predicted octanol–water partition coefficient (Wildman–Crippen LogP) is 2.75. The second-order valence-corrected chi connectivity index (χ2v) is 9.20. The molecule has 4 aromatic rings. The van der Waals surface area contributed by atoms with Gasteiger partial charge in [-0.25, -0.2) is 4.68 Å². The Morgan fingerprint density at radius 1 is 0.972 bits per heavy atom. The number of carbonyl (C=O) groups is 2. The fourth-order valence-corrected chi connectivity index (χ4v) is 4.78. The number of benzene rings is 2. The molecule has 2 amide bonds. The first-order valence-corrected chi connectivity index (χ1v) is 12.1. The van der Waals surface area contributed by atoms with E-state index in [0.29, 0.717) is 37.6 Å². The van der Waals surface area contributed by atoms with Gasteiger partial charge in [-0.3, -0.25) is 24.0 Å². The zero-order chi connectivity index (χ0) is 25.4. The van der Waals surface area contributed by atoms with Gasteiger partial charge in [-0.2, -0.15) is 0 Å². The molecule has 2 aromatic carbocycles. The van der Waals surface area contributed by atoms with Crippen LogP contribution in [0.15, 0.2) is 65.5 Å². The quantitative estimate of drug-likeness (QED) is 0.454. The normalized spacial score (nSPS) is 15.2. The van der Waals surface area contributed by atoms with E-state index in [1.165, 1.54) is 0 Å². The lowest BCUT2D eigenvalue weighted by Gasteiger charge is -2.37. The number of carbonyl (C=O) groups excluding carboxylic acids is 2. The Bertz CT molecular complexity index is 1440. The Hall–Kier alpha value is -4.11. The average Bonchev–Trinajstić information content (AvgIpc) is 3.43. The lowest BCUT2D eigenvalue weighted by molar-refractivity contribution is -0.121. The van der Waals surface area contributed by atoms with Crippen molar-refractivity contribution in [2.45, 2.75) is 19.9 Å². The van der Waals surface area contributed by atoms with Gasteiger partial charge >= 0.3 is 0 Å². The Labute approximate surface area is 208 Å². The van der Waals surface area contributed by atoms with Crippen molar-refractivity contribution in [2.75, 3.05) is 31.5 Å². The predicted molar refractivity (Wildman–Crippen MR) is 140 cm³/mol. The smallest absolute Gasteiger partial charge is 0.295 e. The Morgan fingerprint density at radius 2 is 1.64 bits per heavy atom. The van der Waals surface area contributed by atoms with Crippen LogP contribution in [0.5, 0.6) is 0 Å². The molecule has 1 aliphatic heterocycles. The Morgan fingerprint density at radius 3 is 2.33 bits per heavy atom. The van der Waals surface area contributed by atoms with Crippen molar-refractivity contribution in [3.05, 3.63) is 82.4 Å². The number of rotatable bonds is 5. The molecule has 0 bridgehead atoms. The molecule has 36 heavy (non-hydrogen) atoms. The van der Waals surface area contributed by atoms with Crippen molar-refractivity contribution >= 4 is 28.4 Å². The number of aromatic amines is 1. The van der Waals surface area contributed by atoms with Crippen molar-refractivity contribution in [1.82, 2.24) is 24.1 Å². The van der Waals surface area contributed by atoms with Crippen molar-refractivity contribution in [3.8, 4) is 5.69 Å². The van der Waals surface area contributed by atoms with Crippen molar-refractivity contribution in [2.24, 2.45) is 7.05 Å². The molecule has 9 heteroatoms. The summed E-state index contributed by atoms with van der Waals surface area (Å²) in [5, 5.41) is 3.87. The molecule has 1 saturated heterocycles. The molecule has 2 aromatic heterocycles. The first-order valence-electron chi connectivity index (χ1n) is 12.1. The van der Waals surface area contributed by atoms with Gasteiger partial charge in [0.15, 0.2) is 0 Å². The number of H-pyrrole nitrogens is 1. The average molecular weight is 487 g/mol. The minimum absolute atomic E-state index is 0.0377. The van der Waals surface area contributed by atoms with Crippen molar-refractivity contribution < 1.29 is 9.59 Å². The molecule has 1 atom stereocenters. The van der Waals surface area contributed by atoms with E-state index in [-0.39, 0.29) is 23.1 Å². The third-order valence-electron chi connectivity index (χ3n) is 7.09. The van der Waals surface area contributed by atoms with Gasteiger partial charge in [0.25, 0.3) is 11.5 Å². The topological polar surface area (TPSA) is 95.4 Å². The van der Waals surface area contributed by atoms with Gasteiger partial charge in [0.05, 0.1) is 17.4 Å². The van der Waals surface area contributed by atoms with Crippen LogP contribution in [-0.2, 0) is 11.8 Å². The van der Waals surface area contributed by atoms with E-state index in [4.69, 9.17) is 0 Å². The van der Waals surface area contributed by atoms with Gasteiger partial charge in [0.2, 0.25) is 5.91 Å². The Balaban J connectivity index is 1.24. The number of hydrogen-bond acceptors (Lipinski definition) is 4. The monoisotopic (exact) mass is 486 g/mol. The summed E-state index contributed by atoms with van der Waals surface area (Å²) in [5.41, 5.74) is 2.94. The van der Waals surface area contributed by atoms with E-state index in [2.05, 4.69) is 10.3 Å². The first-order chi connectivity index (χ1) is 17.3. The van der Waals surface area contributed by atoms with Gasteiger partial charge in [0, 0.05) is 44.1 Å². The zero-order valence-electron chi connectivity index (χ0n) is 20.7. The molecule has 1 aliphatic rings. The highest BCUT2D eigenvalue weighted by molar-refractivity contribution is 5.98. The third kappa shape index (κ3) is 4.22.